The van der Waals surface area contributed by atoms with Crippen molar-refractivity contribution in [2.75, 3.05) is 13.7 Å². The van der Waals surface area contributed by atoms with Gasteiger partial charge in [-0.3, -0.25) is 5.01 Å². The minimum Gasteiger partial charge on any atom is -0.496 e. The second-order valence-electron chi connectivity index (χ2n) is 2.75. The van der Waals surface area contributed by atoms with Crippen molar-refractivity contribution in [3.63, 3.8) is 0 Å². The molecule has 2 aliphatic heterocycles. The molecule has 0 fully saturated rings. The molecule has 0 spiro atoms. The van der Waals surface area contributed by atoms with Crippen LogP contribution in [0.3, 0.4) is 0 Å². The zero-order valence-corrected chi connectivity index (χ0v) is 7.19. The largest absolute Gasteiger partial charge is 0.496 e. The minimum absolute atomic E-state index is 0.304. The van der Waals surface area contributed by atoms with Crippen LogP contribution < -0.4 is 5.43 Å². The summed E-state index contributed by atoms with van der Waals surface area (Å²) >= 11 is 0. The van der Waals surface area contributed by atoms with Crippen LogP contribution in [0.2, 0.25) is 0 Å². The van der Waals surface area contributed by atoms with E-state index >= 15 is 0 Å². The van der Waals surface area contributed by atoms with Crippen LogP contribution in [0.5, 0.6) is 0 Å². The van der Waals surface area contributed by atoms with E-state index in [1.165, 1.54) is 7.11 Å². The van der Waals surface area contributed by atoms with E-state index in [9.17, 15) is 4.79 Å². The highest BCUT2D eigenvalue weighted by Gasteiger charge is 2.32. The van der Waals surface area contributed by atoms with Crippen LogP contribution in [0.4, 0.5) is 0 Å². The van der Waals surface area contributed by atoms with Crippen molar-refractivity contribution in [3.05, 3.63) is 24.2 Å². The SMILES string of the molecule is COC(=O)C1COC=C2C=CNN21. The summed E-state index contributed by atoms with van der Waals surface area (Å²) in [4.78, 5) is 11.3. The lowest BCUT2D eigenvalue weighted by atomic mass is 10.2. The average molecular weight is 182 g/mol. The number of carbonyl (C=O) groups is 1. The van der Waals surface area contributed by atoms with Gasteiger partial charge in [0.25, 0.3) is 0 Å². The number of allylic oxidation sites excluding steroid dienone is 1. The first-order chi connectivity index (χ1) is 6.33. The van der Waals surface area contributed by atoms with Crippen molar-refractivity contribution < 1.29 is 14.3 Å². The highest BCUT2D eigenvalue weighted by molar-refractivity contribution is 5.76. The quantitative estimate of drug-likeness (QED) is 0.566. The van der Waals surface area contributed by atoms with Crippen LogP contribution in [0.1, 0.15) is 0 Å². The molecule has 0 bridgehead atoms. The molecule has 2 rings (SSSR count). The van der Waals surface area contributed by atoms with Gasteiger partial charge in [-0.25, -0.2) is 4.79 Å². The monoisotopic (exact) mass is 182 g/mol. The maximum absolute atomic E-state index is 11.3. The van der Waals surface area contributed by atoms with Gasteiger partial charge in [-0.1, -0.05) is 0 Å². The molecule has 0 saturated heterocycles. The molecule has 13 heavy (non-hydrogen) atoms. The Labute approximate surface area is 75.6 Å². The standard InChI is InChI=1S/C8H10N2O3/c1-12-8(11)7-5-13-4-6-2-3-9-10(6)7/h2-4,7,9H,5H2,1H3. The van der Waals surface area contributed by atoms with Gasteiger partial charge >= 0.3 is 5.97 Å². The van der Waals surface area contributed by atoms with E-state index < -0.39 is 6.04 Å². The smallest absolute Gasteiger partial charge is 0.334 e. The van der Waals surface area contributed by atoms with Crippen molar-refractivity contribution >= 4 is 5.97 Å². The molecule has 0 saturated carbocycles. The number of hydrazine groups is 1. The molecule has 2 aliphatic rings. The number of methoxy groups -OCH3 is 1. The second-order valence-corrected chi connectivity index (χ2v) is 2.75. The Kier molecular flexibility index (Phi) is 1.84. The van der Waals surface area contributed by atoms with Gasteiger partial charge in [-0.2, -0.15) is 0 Å². The Hall–Kier alpha value is -1.65. The highest BCUT2D eigenvalue weighted by atomic mass is 16.5. The van der Waals surface area contributed by atoms with Crippen molar-refractivity contribution in [3.8, 4) is 0 Å². The molecule has 70 valence electrons. The summed E-state index contributed by atoms with van der Waals surface area (Å²) in [5.74, 6) is -0.304. The number of ether oxygens (including phenoxy) is 2. The van der Waals surface area contributed by atoms with Gasteiger partial charge in [0, 0.05) is 6.20 Å². The lowest BCUT2D eigenvalue weighted by Gasteiger charge is -2.31. The van der Waals surface area contributed by atoms with E-state index in [-0.39, 0.29) is 5.97 Å². The van der Waals surface area contributed by atoms with Crippen LogP contribution >= 0.6 is 0 Å². The Balaban J connectivity index is 2.16. The molecule has 1 atom stereocenters. The summed E-state index contributed by atoms with van der Waals surface area (Å²) in [5, 5.41) is 1.72. The fourth-order valence-corrected chi connectivity index (χ4v) is 1.33. The van der Waals surface area contributed by atoms with E-state index in [1.807, 2.05) is 6.08 Å². The fourth-order valence-electron chi connectivity index (χ4n) is 1.33. The third kappa shape index (κ3) is 1.22. The Bertz CT molecular complexity index is 285. The highest BCUT2D eigenvalue weighted by Crippen LogP contribution is 2.18. The zero-order chi connectivity index (χ0) is 9.26. The predicted molar refractivity (Wildman–Crippen MR) is 44.0 cm³/mol. The van der Waals surface area contributed by atoms with Crippen LogP contribution in [-0.2, 0) is 14.3 Å². The van der Waals surface area contributed by atoms with Crippen LogP contribution in [0, 0.1) is 0 Å². The molecule has 0 aliphatic carbocycles. The first kappa shape index (κ1) is 7.97. The van der Waals surface area contributed by atoms with Crippen LogP contribution in [0.15, 0.2) is 24.2 Å². The first-order valence-corrected chi connectivity index (χ1v) is 3.94. The number of rotatable bonds is 1. The number of hydrogen-bond acceptors (Lipinski definition) is 5. The molecule has 1 unspecified atom stereocenters. The van der Waals surface area contributed by atoms with E-state index in [0.717, 1.165) is 5.70 Å². The number of carbonyl (C=O) groups excluding carboxylic acids is 1. The fraction of sp³-hybridized carbons (Fsp3) is 0.375. The summed E-state index contributed by atoms with van der Waals surface area (Å²) in [6.07, 6.45) is 5.18. The third-order valence-corrected chi connectivity index (χ3v) is 1.99. The summed E-state index contributed by atoms with van der Waals surface area (Å²) in [6.45, 7) is 0.310. The van der Waals surface area contributed by atoms with Gasteiger partial charge in [0.15, 0.2) is 6.04 Å². The number of fused-ring (bicyclic) bond motifs is 1. The van der Waals surface area contributed by atoms with Gasteiger partial charge in [0.05, 0.1) is 12.8 Å². The van der Waals surface area contributed by atoms with Crippen molar-refractivity contribution in [2.24, 2.45) is 0 Å². The molecule has 0 amide bonds. The number of hydrogen-bond donors (Lipinski definition) is 1. The second kappa shape index (κ2) is 3.01. The molecule has 0 aromatic carbocycles. The average Bonchev–Trinajstić information content (AvgIpc) is 2.63. The molecule has 0 aromatic rings. The first-order valence-electron chi connectivity index (χ1n) is 3.94. The summed E-state index contributed by atoms with van der Waals surface area (Å²) < 4.78 is 9.77. The van der Waals surface area contributed by atoms with Gasteiger partial charge < -0.3 is 14.9 Å². The lowest BCUT2D eigenvalue weighted by Crippen LogP contribution is -2.49. The third-order valence-electron chi connectivity index (χ3n) is 1.99. The Morgan fingerprint density at radius 3 is 3.46 bits per heavy atom. The van der Waals surface area contributed by atoms with Crippen molar-refractivity contribution in [1.82, 2.24) is 10.4 Å². The number of esters is 1. The topological polar surface area (TPSA) is 50.8 Å². The van der Waals surface area contributed by atoms with E-state index in [0.29, 0.717) is 6.61 Å². The summed E-state index contributed by atoms with van der Waals surface area (Å²) in [5.41, 5.74) is 3.76. The maximum atomic E-state index is 11.3. The maximum Gasteiger partial charge on any atom is 0.334 e. The van der Waals surface area contributed by atoms with E-state index in [2.05, 4.69) is 10.2 Å². The van der Waals surface area contributed by atoms with Gasteiger partial charge in [0.2, 0.25) is 0 Å². The molecule has 0 radical (unpaired) electrons. The summed E-state index contributed by atoms with van der Waals surface area (Å²) in [7, 11) is 1.36. The minimum atomic E-state index is -0.403. The summed E-state index contributed by atoms with van der Waals surface area (Å²) in [6, 6.07) is -0.403. The lowest BCUT2D eigenvalue weighted by molar-refractivity contribution is -0.149. The molecule has 1 N–H and O–H groups in total. The van der Waals surface area contributed by atoms with E-state index in [1.54, 1.807) is 17.5 Å². The van der Waals surface area contributed by atoms with Gasteiger partial charge in [0.1, 0.15) is 12.9 Å². The predicted octanol–water partition coefficient (Wildman–Crippen LogP) is -0.267. The number of nitrogens with one attached hydrogen (secondary N) is 1. The van der Waals surface area contributed by atoms with E-state index in [4.69, 9.17) is 4.74 Å². The zero-order valence-electron chi connectivity index (χ0n) is 7.19. The molecule has 5 heteroatoms. The molecular weight excluding hydrogens is 172 g/mol. The Morgan fingerprint density at radius 1 is 1.85 bits per heavy atom. The molecular formula is C8H10N2O3. The van der Waals surface area contributed by atoms with Crippen molar-refractivity contribution in [2.45, 2.75) is 6.04 Å². The van der Waals surface area contributed by atoms with Gasteiger partial charge in [-0.05, 0) is 6.08 Å². The van der Waals surface area contributed by atoms with Crippen LogP contribution in [0.25, 0.3) is 0 Å². The van der Waals surface area contributed by atoms with Gasteiger partial charge in [-0.15, -0.1) is 0 Å². The molecule has 5 nitrogen and oxygen atoms in total. The molecule has 0 aromatic heterocycles. The van der Waals surface area contributed by atoms with Crippen molar-refractivity contribution in [1.29, 1.82) is 0 Å². The normalized spacial score (nSPS) is 24.2. The van der Waals surface area contributed by atoms with Crippen LogP contribution in [-0.4, -0.2) is 30.7 Å². The molecule has 2 heterocycles. The number of nitrogens with zero attached hydrogens (tertiary/aromatic N) is 1. The Morgan fingerprint density at radius 2 is 2.69 bits per heavy atom.